The van der Waals surface area contributed by atoms with Gasteiger partial charge in [0, 0.05) is 23.2 Å². The molecular formula is C23H21F4N5OS. The first-order chi connectivity index (χ1) is 16.1. The molecule has 0 saturated carbocycles. The van der Waals surface area contributed by atoms with Crippen molar-refractivity contribution >= 4 is 17.9 Å². The van der Waals surface area contributed by atoms with Gasteiger partial charge in [-0.3, -0.25) is 9.78 Å². The predicted octanol–water partition coefficient (Wildman–Crippen LogP) is 4.87. The Balaban J connectivity index is 1.42. The van der Waals surface area contributed by atoms with Gasteiger partial charge in [0.1, 0.15) is 23.4 Å². The summed E-state index contributed by atoms with van der Waals surface area (Å²) in [5.74, 6) is -0.487. The van der Waals surface area contributed by atoms with Crippen LogP contribution in [0.25, 0.3) is 11.3 Å². The van der Waals surface area contributed by atoms with Gasteiger partial charge in [-0.2, -0.15) is 13.2 Å². The van der Waals surface area contributed by atoms with E-state index >= 15 is 0 Å². The van der Waals surface area contributed by atoms with E-state index in [1.54, 1.807) is 18.2 Å². The zero-order valence-corrected chi connectivity index (χ0v) is 19.0. The number of pyridine rings is 1. The van der Waals surface area contributed by atoms with Gasteiger partial charge >= 0.3 is 6.18 Å². The molecule has 0 unspecified atom stereocenters. The summed E-state index contributed by atoms with van der Waals surface area (Å²) in [6.07, 6.45) is -0.602. The highest BCUT2D eigenvalue weighted by molar-refractivity contribution is 7.97. The lowest BCUT2D eigenvalue weighted by molar-refractivity contribution is -0.141. The number of amides is 1. The maximum absolute atomic E-state index is 13.2. The molecule has 34 heavy (non-hydrogen) atoms. The third-order valence-corrected chi connectivity index (χ3v) is 6.89. The third kappa shape index (κ3) is 5.36. The number of alkyl halides is 3. The van der Waals surface area contributed by atoms with Gasteiger partial charge in [0.15, 0.2) is 0 Å². The van der Waals surface area contributed by atoms with Gasteiger partial charge in [-0.1, -0.05) is 0 Å². The summed E-state index contributed by atoms with van der Waals surface area (Å²) < 4.78 is 53.4. The van der Waals surface area contributed by atoms with E-state index in [0.29, 0.717) is 29.9 Å². The Morgan fingerprint density at radius 1 is 1.15 bits per heavy atom. The number of carbonyl (C=O) groups is 1. The molecule has 1 aliphatic heterocycles. The highest BCUT2D eigenvalue weighted by Gasteiger charge is 2.43. The summed E-state index contributed by atoms with van der Waals surface area (Å²) in [6.45, 7) is 2.71. The molecule has 3 aromatic rings. The summed E-state index contributed by atoms with van der Waals surface area (Å²) in [7, 11) is 0. The highest BCUT2D eigenvalue weighted by atomic mass is 32.2. The summed E-state index contributed by atoms with van der Waals surface area (Å²) in [4.78, 5) is 25.7. The molecular weight excluding hydrogens is 470 g/mol. The van der Waals surface area contributed by atoms with E-state index in [9.17, 15) is 22.4 Å². The van der Waals surface area contributed by atoms with Crippen LogP contribution in [0.2, 0.25) is 0 Å². The van der Waals surface area contributed by atoms with Crippen molar-refractivity contribution in [1.82, 2.24) is 24.6 Å². The molecule has 11 heteroatoms. The second-order valence-corrected chi connectivity index (χ2v) is 9.13. The van der Waals surface area contributed by atoms with E-state index in [4.69, 9.17) is 0 Å². The van der Waals surface area contributed by atoms with Crippen molar-refractivity contribution in [2.75, 3.05) is 6.54 Å². The molecule has 0 radical (unpaired) electrons. The zero-order valence-electron chi connectivity index (χ0n) is 18.1. The Bertz CT molecular complexity index is 1160. The molecule has 1 atom stereocenters. The molecule has 178 valence electrons. The van der Waals surface area contributed by atoms with Crippen molar-refractivity contribution in [2.45, 2.75) is 42.9 Å². The monoisotopic (exact) mass is 491 g/mol. The van der Waals surface area contributed by atoms with Crippen molar-refractivity contribution in [3.05, 3.63) is 72.2 Å². The summed E-state index contributed by atoms with van der Waals surface area (Å²) >= 11 is 1.41. The van der Waals surface area contributed by atoms with Crippen LogP contribution in [-0.4, -0.2) is 37.2 Å². The topological polar surface area (TPSA) is 71.0 Å². The van der Waals surface area contributed by atoms with Crippen LogP contribution in [-0.2, 0) is 17.5 Å². The van der Waals surface area contributed by atoms with Crippen LogP contribution in [0.3, 0.4) is 0 Å². The molecule has 1 saturated heterocycles. The fourth-order valence-electron chi connectivity index (χ4n) is 3.66. The average molecular weight is 492 g/mol. The molecule has 1 amide bonds. The SMILES string of the molecule is C[C@@]1(C(=O)NCc2cc(-c3ccc(C(F)(F)F)nc3)ncn2)CCCN1Sc1ccc(F)cc1. The van der Waals surface area contributed by atoms with Crippen molar-refractivity contribution in [2.24, 2.45) is 0 Å². The number of hydrogen-bond donors (Lipinski definition) is 1. The first-order valence-electron chi connectivity index (χ1n) is 10.5. The van der Waals surface area contributed by atoms with E-state index in [1.165, 1.54) is 36.5 Å². The fraction of sp³-hybridized carbons (Fsp3) is 0.304. The summed E-state index contributed by atoms with van der Waals surface area (Å²) in [5.41, 5.74) is -0.413. The lowest BCUT2D eigenvalue weighted by Crippen LogP contribution is -2.50. The molecule has 1 aromatic carbocycles. The Hall–Kier alpha value is -3.05. The van der Waals surface area contributed by atoms with Crippen LogP contribution in [0, 0.1) is 5.82 Å². The molecule has 1 aliphatic rings. The van der Waals surface area contributed by atoms with Gasteiger partial charge < -0.3 is 5.32 Å². The van der Waals surface area contributed by atoms with Gasteiger partial charge in [0.2, 0.25) is 5.91 Å². The van der Waals surface area contributed by atoms with Gasteiger partial charge in [-0.15, -0.1) is 0 Å². The largest absolute Gasteiger partial charge is 0.433 e. The van der Waals surface area contributed by atoms with Crippen LogP contribution < -0.4 is 5.32 Å². The number of halogens is 4. The molecule has 0 spiro atoms. The molecule has 3 heterocycles. The van der Waals surface area contributed by atoms with Crippen molar-refractivity contribution in [3.63, 3.8) is 0 Å². The molecule has 1 fully saturated rings. The first kappa shape index (κ1) is 24.1. The smallest absolute Gasteiger partial charge is 0.349 e. The van der Waals surface area contributed by atoms with Crippen LogP contribution in [0.4, 0.5) is 17.6 Å². The number of nitrogens with one attached hydrogen (secondary N) is 1. The number of aromatic nitrogens is 3. The minimum absolute atomic E-state index is 0.132. The number of nitrogens with zero attached hydrogens (tertiary/aromatic N) is 4. The third-order valence-electron chi connectivity index (χ3n) is 5.60. The molecule has 1 N–H and O–H groups in total. The van der Waals surface area contributed by atoms with E-state index in [2.05, 4.69) is 20.3 Å². The molecule has 4 rings (SSSR count). The predicted molar refractivity (Wildman–Crippen MR) is 119 cm³/mol. The van der Waals surface area contributed by atoms with Crippen molar-refractivity contribution < 1.29 is 22.4 Å². The lowest BCUT2D eigenvalue weighted by Gasteiger charge is -2.32. The summed E-state index contributed by atoms with van der Waals surface area (Å²) in [6, 6.07) is 9.91. The fourth-order valence-corrected chi connectivity index (χ4v) is 4.77. The quantitative estimate of drug-likeness (QED) is 0.392. The Labute approximate surface area is 198 Å². The van der Waals surface area contributed by atoms with Crippen LogP contribution >= 0.6 is 11.9 Å². The van der Waals surface area contributed by atoms with Gasteiger partial charge in [-0.05, 0) is 74.2 Å². The minimum Gasteiger partial charge on any atom is -0.349 e. The second kappa shape index (κ2) is 9.67. The first-order valence-corrected chi connectivity index (χ1v) is 11.3. The van der Waals surface area contributed by atoms with Gasteiger partial charge in [0.25, 0.3) is 0 Å². The molecule has 0 bridgehead atoms. The van der Waals surface area contributed by atoms with E-state index < -0.39 is 17.4 Å². The maximum Gasteiger partial charge on any atom is 0.433 e. The van der Waals surface area contributed by atoms with Gasteiger partial charge in [-0.25, -0.2) is 18.7 Å². The van der Waals surface area contributed by atoms with E-state index in [-0.39, 0.29) is 18.3 Å². The number of carbonyl (C=O) groups excluding carboxylic acids is 1. The summed E-state index contributed by atoms with van der Waals surface area (Å²) in [5, 5.41) is 2.91. The second-order valence-electron chi connectivity index (χ2n) is 8.03. The van der Waals surface area contributed by atoms with Crippen LogP contribution in [0.1, 0.15) is 31.2 Å². The Kier molecular flexibility index (Phi) is 6.85. The lowest BCUT2D eigenvalue weighted by atomic mass is 9.99. The number of rotatable bonds is 6. The highest BCUT2D eigenvalue weighted by Crippen LogP contribution is 2.38. The normalized spacial score (nSPS) is 18.7. The van der Waals surface area contributed by atoms with Crippen molar-refractivity contribution in [3.8, 4) is 11.3 Å². The van der Waals surface area contributed by atoms with E-state index in [0.717, 1.165) is 23.6 Å². The molecule has 6 nitrogen and oxygen atoms in total. The van der Waals surface area contributed by atoms with Gasteiger partial charge in [0.05, 0.1) is 17.9 Å². The Morgan fingerprint density at radius 3 is 2.59 bits per heavy atom. The zero-order chi connectivity index (χ0) is 24.3. The molecule has 2 aromatic heterocycles. The maximum atomic E-state index is 13.2. The Morgan fingerprint density at radius 2 is 1.91 bits per heavy atom. The van der Waals surface area contributed by atoms with Crippen LogP contribution in [0.5, 0.6) is 0 Å². The minimum atomic E-state index is -4.52. The average Bonchev–Trinajstić information content (AvgIpc) is 3.20. The number of benzene rings is 1. The van der Waals surface area contributed by atoms with E-state index in [1.807, 2.05) is 11.2 Å². The van der Waals surface area contributed by atoms with Crippen LogP contribution in [0.15, 0.2) is 59.9 Å². The number of hydrogen-bond acceptors (Lipinski definition) is 6. The standard InChI is InChI=1S/C23H21F4N5OS/c1-22(9-2-10-32(22)34-18-6-4-16(24)5-7-18)21(33)29-13-17-11-19(31-14-30-17)15-3-8-20(28-12-15)23(25,26)27/h3-8,11-12,14H,2,9-10,13H2,1H3,(H,29,33)/t22-/m0/s1. The van der Waals surface area contributed by atoms with Crippen molar-refractivity contribution in [1.29, 1.82) is 0 Å². The molecule has 0 aliphatic carbocycles.